The zero-order valence-electron chi connectivity index (χ0n) is 9.64. The van der Waals surface area contributed by atoms with Crippen LogP contribution in [0.1, 0.15) is 11.3 Å². The number of anilines is 1. The van der Waals surface area contributed by atoms with Crippen LogP contribution in [0.2, 0.25) is 0 Å². The van der Waals surface area contributed by atoms with E-state index < -0.39 is 0 Å². The molecule has 2 aromatic rings. The van der Waals surface area contributed by atoms with E-state index in [1.165, 1.54) is 18.2 Å². The number of nitrogens with zero attached hydrogens (tertiary/aromatic N) is 2. The third-order valence-electron chi connectivity index (χ3n) is 2.36. The molecule has 0 fully saturated rings. The van der Waals surface area contributed by atoms with Crippen LogP contribution in [0.25, 0.3) is 0 Å². The van der Waals surface area contributed by atoms with Crippen LogP contribution in [0, 0.1) is 24.1 Å². The Balaban J connectivity index is 2.32. The fourth-order valence-corrected chi connectivity index (χ4v) is 1.44. The van der Waals surface area contributed by atoms with Crippen LogP contribution in [0.15, 0.2) is 30.3 Å². The number of rotatable bonds is 2. The number of halogens is 1. The molecule has 0 saturated carbocycles. The zero-order valence-corrected chi connectivity index (χ0v) is 9.64. The molecular formula is C13H10FN3O. The number of nitrogen functional groups attached to an aromatic ring is 1. The van der Waals surface area contributed by atoms with Gasteiger partial charge in [-0.3, -0.25) is 0 Å². The number of nitrogens with two attached hydrogens (primary N) is 1. The fraction of sp³-hybridized carbons (Fsp3) is 0.0769. The molecule has 0 atom stereocenters. The maximum atomic E-state index is 12.9. The third kappa shape index (κ3) is 2.38. The fourth-order valence-electron chi connectivity index (χ4n) is 1.44. The van der Waals surface area contributed by atoms with Crippen LogP contribution in [-0.2, 0) is 0 Å². The van der Waals surface area contributed by atoms with E-state index in [9.17, 15) is 4.39 Å². The molecule has 5 heteroatoms. The first kappa shape index (κ1) is 11.9. The first-order valence-corrected chi connectivity index (χ1v) is 5.21. The molecule has 90 valence electrons. The van der Waals surface area contributed by atoms with Crippen molar-refractivity contribution in [1.29, 1.82) is 5.26 Å². The molecule has 0 radical (unpaired) electrons. The maximum Gasteiger partial charge on any atom is 0.220 e. The van der Waals surface area contributed by atoms with E-state index in [4.69, 9.17) is 15.7 Å². The van der Waals surface area contributed by atoms with Crippen molar-refractivity contribution in [3.05, 3.63) is 47.4 Å². The van der Waals surface area contributed by atoms with E-state index in [2.05, 4.69) is 4.98 Å². The second kappa shape index (κ2) is 4.72. The highest BCUT2D eigenvalue weighted by Gasteiger charge is 2.06. The summed E-state index contributed by atoms with van der Waals surface area (Å²) in [6.45, 7) is 1.72. The normalized spacial score (nSPS) is 9.83. The van der Waals surface area contributed by atoms with Crippen molar-refractivity contribution >= 4 is 5.69 Å². The second-order valence-corrected chi connectivity index (χ2v) is 3.71. The Hall–Kier alpha value is -2.61. The van der Waals surface area contributed by atoms with Gasteiger partial charge in [0.1, 0.15) is 17.6 Å². The number of hydrogen-bond donors (Lipinski definition) is 1. The van der Waals surface area contributed by atoms with Crippen molar-refractivity contribution in [2.75, 3.05) is 5.73 Å². The van der Waals surface area contributed by atoms with Crippen LogP contribution < -0.4 is 10.5 Å². The third-order valence-corrected chi connectivity index (χ3v) is 2.36. The number of hydrogen-bond acceptors (Lipinski definition) is 4. The lowest BCUT2D eigenvalue weighted by Gasteiger charge is -2.08. The Bertz CT molecular complexity index is 635. The molecule has 1 heterocycles. The summed E-state index contributed by atoms with van der Waals surface area (Å²) in [6, 6.07) is 9.13. The molecule has 18 heavy (non-hydrogen) atoms. The number of nitriles is 1. The molecule has 1 aromatic heterocycles. The predicted molar refractivity (Wildman–Crippen MR) is 64.6 cm³/mol. The van der Waals surface area contributed by atoms with Gasteiger partial charge in [0.2, 0.25) is 5.88 Å². The van der Waals surface area contributed by atoms with E-state index in [-0.39, 0.29) is 17.4 Å². The van der Waals surface area contributed by atoms with Gasteiger partial charge in [-0.25, -0.2) is 9.37 Å². The predicted octanol–water partition coefficient (Wildman–Crippen LogP) is 2.78. The molecule has 0 bridgehead atoms. The Morgan fingerprint density at radius 2 is 2.11 bits per heavy atom. The van der Waals surface area contributed by atoms with Crippen LogP contribution in [0.5, 0.6) is 11.6 Å². The van der Waals surface area contributed by atoms with E-state index in [0.717, 1.165) is 0 Å². The molecule has 1 aromatic carbocycles. The molecule has 0 aliphatic carbocycles. The van der Waals surface area contributed by atoms with Crippen LogP contribution >= 0.6 is 0 Å². The van der Waals surface area contributed by atoms with Crippen molar-refractivity contribution < 1.29 is 9.13 Å². The first-order valence-electron chi connectivity index (χ1n) is 5.21. The highest BCUT2D eigenvalue weighted by Crippen LogP contribution is 2.25. The average molecular weight is 243 g/mol. The first-order chi connectivity index (χ1) is 8.60. The Morgan fingerprint density at radius 1 is 1.33 bits per heavy atom. The van der Waals surface area contributed by atoms with Gasteiger partial charge in [0.05, 0.1) is 5.69 Å². The molecule has 0 amide bonds. The molecule has 4 nitrogen and oxygen atoms in total. The molecule has 2 N–H and O–H groups in total. The summed E-state index contributed by atoms with van der Waals surface area (Å²) in [7, 11) is 0. The Morgan fingerprint density at radius 3 is 2.78 bits per heavy atom. The minimum atomic E-state index is -0.331. The quantitative estimate of drug-likeness (QED) is 0.880. The smallest absolute Gasteiger partial charge is 0.220 e. The standard InChI is InChI=1S/C13H10FN3O/c1-8-6-9(14)2-4-12(8)18-13-5-3-10(16)11(7-15)17-13/h2-6H,16H2,1H3. The van der Waals surface area contributed by atoms with Crippen molar-refractivity contribution in [3.8, 4) is 17.7 Å². The number of aromatic nitrogens is 1. The molecule has 0 unspecified atom stereocenters. The zero-order chi connectivity index (χ0) is 13.1. The van der Waals surface area contributed by atoms with Gasteiger partial charge in [-0.15, -0.1) is 0 Å². The van der Waals surface area contributed by atoms with Crippen molar-refractivity contribution in [2.24, 2.45) is 0 Å². The van der Waals surface area contributed by atoms with Crippen molar-refractivity contribution in [1.82, 2.24) is 4.98 Å². The number of ether oxygens (including phenoxy) is 1. The van der Waals surface area contributed by atoms with Crippen molar-refractivity contribution in [3.63, 3.8) is 0 Å². The summed E-state index contributed by atoms with van der Waals surface area (Å²) in [5.74, 6) is 0.399. The highest BCUT2D eigenvalue weighted by molar-refractivity contribution is 5.51. The molecule has 0 aliphatic rings. The van der Waals surface area contributed by atoms with E-state index in [1.807, 2.05) is 6.07 Å². The molecular weight excluding hydrogens is 233 g/mol. The van der Waals surface area contributed by atoms with Gasteiger partial charge < -0.3 is 10.5 Å². The topological polar surface area (TPSA) is 71.9 Å². The molecule has 0 saturated heterocycles. The maximum absolute atomic E-state index is 12.9. The lowest BCUT2D eigenvalue weighted by molar-refractivity contribution is 0.457. The summed E-state index contributed by atoms with van der Waals surface area (Å²) in [6.07, 6.45) is 0. The highest BCUT2D eigenvalue weighted by atomic mass is 19.1. The van der Waals surface area contributed by atoms with E-state index >= 15 is 0 Å². The number of pyridine rings is 1. The lowest BCUT2D eigenvalue weighted by Crippen LogP contribution is -1.97. The second-order valence-electron chi connectivity index (χ2n) is 3.71. The SMILES string of the molecule is Cc1cc(F)ccc1Oc1ccc(N)c(C#N)n1. The summed E-state index contributed by atoms with van der Waals surface area (Å²) < 4.78 is 18.4. The number of benzene rings is 1. The van der Waals surface area contributed by atoms with Gasteiger partial charge in [-0.1, -0.05) is 0 Å². The number of aryl methyl sites for hydroxylation is 1. The minimum Gasteiger partial charge on any atom is -0.439 e. The van der Waals surface area contributed by atoms with Gasteiger partial charge in [-0.05, 0) is 36.8 Å². The minimum absolute atomic E-state index is 0.104. The summed E-state index contributed by atoms with van der Waals surface area (Å²) in [5, 5.41) is 8.80. The monoisotopic (exact) mass is 243 g/mol. The Labute approximate surface area is 103 Å². The van der Waals surface area contributed by atoms with Gasteiger partial charge in [0, 0.05) is 6.07 Å². The van der Waals surface area contributed by atoms with Crippen LogP contribution in [-0.4, -0.2) is 4.98 Å². The summed E-state index contributed by atoms with van der Waals surface area (Å²) >= 11 is 0. The van der Waals surface area contributed by atoms with E-state index in [1.54, 1.807) is 19.1 Å². The molecule has 2 rings (SSSR count). The largest absolute Gasteiger partial charge is 0.439 e. The summed E-state index contributed by atoms with van der Waals surface area (Å²) in [4.78, 5) is 3.95. The molecule has 0 spiro atoms. The average Bonchev–Trinajstić information content (AvgIpc) is 2.35. The van der Waals surface area contributed by atoms with Gasteiger partial charge in [0.25, 0.3) is 0 Å². The van der Waals surface area contributed by atoms with Gasteiger partial charge in [-0.2, -0.15) is 5.26 Å². The Kier molecular flexibility index (Phi) is 3.11. The van der Waals surface area contributed by atoms with Crippen molar-refractivity contribution in [2.45, 2.75) is 6.92 Å². The van der Waals surface area contributed by atoms with Crippen LogP contribution in [0.4, 0.5) is 10.1 Å². The van der Waals surface area contributed by atoms with Gasteiger partial charge >= 0.3 is 0 Å². The van der Waals surface area contributed by atoms with Crippen LogP contribution in [0.3, 0.4) is 0 Å². The lowest BCUT2D eigenvalue weighted by atomic mass is 10.2. The van der Waals surface area contributed by atoms with E-state index in [0.29, 0.717) is 17.0 Å². The molecule has 0 aliphatic heterocycles. The van der Waals surface area contributed by atoms with Gasteiger partial charge in [0.15, 0.2) is 5.69 Å². The summed E-state index contributed by atoms with van der Waals surface area (Å²) in [5.41, 5.74) is 6.59.